The number of anilines is 1. The molecule has 2 aromatic rings. The fraction of sp³-hybridized carbons (Fsp3) is 0.350. The number of rotatable bonds is 5. The van der Waals surface area contributed by atoms with Crippen LogP contribution in [-0.4, -0.2) is 37.9 Å². The molecule has 1 saturated heterocycles. The van der Waals surface area contributed by atoms with Crippen LogP contribution in [-0.2, 0) is 10.0 Å². The lowest BCUT2D eigenvalue weighted by Crippen LogP contribution is -2.44. The highest BCUT2D eigenvalue weighted by Gasteiger charge is 2.35. The Morgan fingerprint density at radius 3 is 2.26 bits per heavy atom. The molecule has 1 atom stereocenters. The predicted octanol–water partition coefficient (Wildman–Crippen LogP) is 3.28. The van der Waals surface area contributed by atoms with Crippen molar-refractivity contribution in [1.29, 1.82) is 0 Å². The second-order valence-corrected chi connectivity index (χ2v) is 8.82. The molecule has 1 aliphatic heterocycles. The highest BCUT2D eigenvalue weighted by Crippen LogP contribution is 2.26. The molecule has 144 valence electrons. The van der Waals surface area contributed by atoms with Crippen molar-refractivity contribution in [2.45, 2.75) is 37.6 Å². The van der Waals surface area contributed by atoms with Gasteiger partial charge < -0.3 is 10.6 Å². The number of hydrogen-bond donors (Lipinski definition) is 2. The molecular weight excluding hydrogens is 362 g/mol. The van der Waals surface area contributed by atoms with E-state index in [9.17, 15) is 13.2 Å². The molecular formula is C20H25N3O3S. The van der Waals surface area contributed by atoms with Crippen LogP contribution in [0.3, 0.4) is 0 Å². The molecule has 2 amide bonds. The van der Waals surface area contributed by atoms with Crippen molar-refractivity contribution < 1.29 is 13.2 Å². The summed E-state index contributed by atoms with van der Waals surface area (Å²) in [5.74, 6) is 0. The second kappa shape index (κ2) is 8.10. The zero-order chi connectivity index (χ0) is 19.4. The summed E-state index contributed by atoms with van der Waals surface area (Å²) in [6, 6.07) is 13.8. The minimum Gasteiger partial charge on any atom is -0.336 e. The zero-order valence-electron chi connectivity index (χ0n) is 15.6. The average Bonchev–Trinajstić information content (AvgIpc) is 3.12. The maximum absolute atomic E-state index is 12.9. The Bertz CT molecular complexity index is 893. The van der Waals surface area contributed by atoms with Crippen LogP contribution in [0.15, 0.2) is 53.4 Å². The number of hydrogen-bond acceptors (Lipinski definition) is 3. The van der Waals surface area contributed by atoms with Gasteiger partial charge >= 0.3 is 6.03 Å². The van der Waals surface area contributed by atoms with E-state index in [0.29, 0.717) is 17.1 Å². The molecule has 0 radical (unpaired) electrons. The molecule has 0 aromatic heterocycles. The fourth-order valence-corrected chi connectivity index (χ4v) is 4.89. The molecule has 27 heavy (non-hydrogen) atoms. The molecule has 6 nitrogen and oxygen atoms in total. The van der Waals surface area contributed by atoms with Gasteiger partial charge in [0.15, 0.2) is 0 Å². The van der Waals surface area contributed by atoms with Gasteiger partial charge in [-0.2, -0.15) is 4.31 Å². The van der Waals surface area contributed by atoms with E-state index in [1.54, 1.807) is 24.3 Å². The SMILES string of the molecule is Cc1ccc(NC(=O)NC[C@@H]2CCCN2S(=O)(=O)c2ccc(C)cc2)cc1. The Labute approximate surface area is 160 Å². The van der Waals surface area contributed by atoms with E-state index in [0.717, 1.165) is 24.0 Å². The molecule has 0 aliphatic carbocycles. The van der Waals surface area contributed by atoms with Gasteiger partial charge in [-0.3, -0.25) is 0 Å². The summed E-state index contributed by atoms with van der Waals surface area (Å²) < 4.78 is 27.3. The van der Waals surface area contributed by atoms with E-state index in [2.05, 4.69) is 10.6 Å². The van der Waals surface area contributed by atoms with Gasteiger partial charge in [-0.25, -0.2) is 13.2 Å². The van der Waals surface area contributed by atoms with Crippen molar-refractivity contribution in [3.8, 4) is 0 Å². The van der Waals surface area contributed by atoms with E-state index in [1.807, 2.05) is 38.1 Å². The van der Waals surface area contributed by atoms with Gasteiger partial charge in [0.2, 0.25) is 10.0 Å². The number of amides is 2. The Balaban J connectivity index is 1.61. The maximum atomic E-state index is 12.9. The van der Waals surface area contributed by atoms with Gasteiger partial charge in [-0.1, -0.05) is 35.4 Å². The minimum absolute atomic E-state index is 0.236. The van der Waals surface area contributed by atoms with Crippen LogP contribution in [0.4, 0.5) is 10.5 Å². The van der Waals surface area contributed by atoms with Gasteiger partial charge in [0.25, 0.3) is 0 Å². The third kappa shape index (κ3) is 4.67. The number of carbonyl (C=O) groups excluding carboxylic acids is 1. The zero-order valence-corrected chi connectivity index (χ0v) is 16.4. The molecule has 2 aromatic carbocycles. The minimum atomic E-state index is -3.55. The van der Waals surface area contributed by atoms with Crippen LogP contribution >= 0.6 is 0 Å². The number of urea groups is 1. The highest BCUT2D eigenvalue weighted by molar-refractivity contribution is 7.89. The Hall–Kier alpha value is -2.38. The predicted molar refractivity (Wildman–Crippen MR) is 106 cm³/mol. The average molecular weight is 388 g/mol. The third-order valence-corrected chi connectivity index (χ3v) is 6.72. The lowest BCUT2D eigenvalue weighted by Gasteiger charge is -2.24. The van der Waals surface area contributed by atoms with Gasteiger partial charge in [-0.15, -0.1) is 0 Å². The quantitative estimate of drug-likeness (QED) is 0.826. The van der Waals surface area contributed by atoms with Crippen LogP contribution in [0, 0.1) is 13.8 Å². The maximum Gasteiger partial charge on any atom is 0.319 e. The van der Waals surface area contributed by atoms with Crippen molar-refractivity contribution in [2.24, 2.45) is 0 Å². The Morgan fingerprint density at radius 1 is 1.04 bits per heavy atom. The molecule has 0 unspecified atom stereocenters. The topological polar surface area (TPSA) is 78.5 Å². The Morgan fingerprint density at radius 2 is 1.63 bits per heavy atom. The van der Waals surface area contributed by atoms with Crippen LogP contribution in [0.1, 0.15) is 24.0 Å². The van der Waals surface area contributed by atoms with Crippen molar-refractivity contribution in [3.63, 3.8) is 0 Å². The van der Waals surface area contributed by atoms with Crippen molar-refractivity contribution in [3.05, 3.63) is 59.7 Å². The van der Waals surface area contributed by atoms with E-state index in [-0.39, 0.29) is 18.6 Å². The molecule has 1 fully saturated rings. The number of nitrogens with zero attached hydrogens (tertiary/aromatic N) is 1. The lowest BCUT2D eigenvalue weighted by atomic mass is 10.2. The summed E-state index contributed by atoms with van der Waals surface area (Å²) in [5, 5.41) is 5.56. The molecule has 1 aliphatic rings. The van der Waals surface area contributed by atoms with Gasteiger partial charge in [0.05, 0.1) is 4.90 Å². The standard InChI is InChI=1S/C20H25N3O3S/c1-15-5-9-17(10-6-15)22-20(24)21-14-18-4-3-13-23(18)27(25,26)19-11-7-16(2)8-12-19/h5-12,18H,3-4,13-14H2,1-2H3,(H2,21,22,24)/t18-/m0/s1. The third-order valence-electron chi connectivity index (χ3n) is 4.76. The van der Waals surface area contributed by atoms with Crippen LogP contribution in [0.25, 0.3) is 0 Å². The number of nitrogens with one attached hydrogen (secondary N) is 2. The molecule has 1 heterocycles. The van der Waals surface area contributed by atoms with Crippen molar-refractivity contribution in [1.82, 2.24) is 9.62 Å². The largest absolute Gasteiger partial charge is 0.336 e. The van der Waals surface area contributed by atoms with Crippen molar-refractivity contribution >= 4 is 21.7 Å². The summed E-state index contributed by atoms with van der Waals surface area (Å²) >= 11 is 0. The summed E-state index contributed by atoms with van der Waals surface area (Å²) in [6.07, 6.45) is 1.52. The van der Waals surface area contributed by atoms with E-state index in [1.165, 1.54) is 4.31 Å². The van der Waals surface area contributed by atoms with Crippen LogP contribution in [0.2, 0.25) is 0 Å². The highest BCUT2D eigenvalue weighted by atomic mass is 32.2. The van der Waals surface area contributed by atoms with Gasteiger partial charge in [0, 0.05) is 24.8 Å². The summed E-state index contributed by atoms with van der Waals surface area (Å²) in [6.45, 7) is 4.66. The number of sulfonamides is 1. The second-order valence-electron chi connectivity index (χ2n) is 6.93. The molecule has 0 spiro atoms. The monoisotopic (exact) mass is 387 g/mol. The first-order chi connectivity index (χ1) is 12.9. The molecule has 0 saturated carbocycles. The van der Waals surface area contributed by atoms with E-state index in [4.69, 9.17) is 0 Å². The number of benzene rings is 2. The van der Waals surface area contributed by atoms with Crippen molar-refractivity contribution in [2.75, 3.05) is 18.4 Å². The first-order valence-corrected chi connectivity index (χ1v) is 10.5. The summed E-state index contributed by atoms with van der Waals surface area (Å²) in [7, 11) is -3.55. The van der Waals surface area contributed by atoms with Crippen LogP contribution < -0.4 is 10.6 Å². The van der Waals surface area contributed by atoms with Gasteiger partial charge in [0.1, 0.15) is 0 Å². The first kappa shape index (κ1) is 19.4. The molecule has 3 rings (SSSR count). The summed E-state index contributed by atoms with van der Waals surface area (Å²) in [5.41, 5.74) is 2.83. The normalized spacial score (nSPS) is 17.6. The fourth-order valence-electron chi connectivity index (χ4n) is 3.20. The molecule has 2 N–H and O–H groups in total. The number of carbonyl (C=O) groups is 1. The first-order valence-electron chi connectivity index (χ1n) is 9.06. The molecule has 0 bridgehead atoms. The number of aryl methyl sites for hydroxylation is 2. The summed E-state index contributed by atoms with van der Waals surface area (Å²) in [4.78, 5) is 12.4. The molecule has 7 heteroatoms. The van der Waals surface area contributed by atoms with E-state index < -0.39 is 10.0 Å². The van der Waals surface area contributed by atoms with Gasteiger partial charge in [-0.05, 0) is 51.0 Å². The Kier molecular flexibility index (Phi) is 5.82. The van der Waals surface area contributed by atoms with E-state index >= 15 is 0 Å². The lowest BCUT2D eigenvalue weighted by molar-refractivity contribution is 0.249. The van der Waals surface area contributed by atoms with Crippen LogP contribution in [0.5, 0.6) is 0 Å². The smallest absolute Gasteiger partial charge is 0.319 e.